The van der Waals surface area contributed by atoms with Gasteiger partial charge in [0.1, 0.15) is 0 Å². The van der Waals surface area contributed by atoms with Gasteiger partial charge in [-0.3, -0.25) is 4.79 Å². The largest absolute Gasteiger partial charge is 0.370 e. The van der Waals surface area contributed by atoms with Crippen LogP contribution in [0.1, 0.15) is 90.4 Å². The van der Waals surface area contributed by atoms with E-state index in [4.69, 9.17) is 11.5 Å². The predicted molar refractivity (Wildman–Crippen MR) is 82.9 cm³/mol. The topological polar surface area (TPSA) is 69.1 Å². The van der Waals surface area contributed by atoms with Gasteiger partial charge in [-0.2, -0.15) is 0 Å². The molecule has 3 nitrogen and oxygen atoms in total. The lowest BCUT2D eigenvalue weighted by Crippen LogP contribution is -2.19. The lowest BCUT2D eigenvalue weighted by Gasteiger charge is -2.10. The SMILES string of the molecule is CCCCCCCCCCC(N)CCCCC(N)=O. The molecule has 0 heterocycles. The fourth-order valence-electron chi connectivity index (χ4n) is 2.39. The third-order valence-electron chi connectivity index (χ3n) is 3.68. The molecule has 0 fully saturated rings. The number of hydrogen-bond donors (Lipinski definition) is 2. The molecule has 0 aliphatic carbocycles. The zero-order valence-corrected chi connectivity index (χ0v) is 12.8. The maximum absolute atomic E-state index is 10.6. The molecular formula is C16H34N2O. The number of rotatable bonds is 14. The van der Waals surface area contributed by atoms with Gasteiger partial charge in [0.2, 0.25) is 5.91 Å². The summed E-state index contributed by atoms with van der Waals surface area (Å²) in [6.07, 6.45) is 15.4. The van der Waals surface area contributed by atoms with Crippen LogP contribution >= 0.6 is 0 Å². The monoisotopic (exact) mass is 270 g/mol. The second-order valence-corrected chi connectivity index (χ2v) is 5.74. The third kappa shape index (κ3) is 15.4. The van der Waals surface area contributed by atoms with E-state index in [0.29, 0.717) is 12.5 Å². The van der Waals surface area contributed by atoms with Crippen LogP contribution in [0.25, 0.3) is 0 Å². The van der Waals surface area contributed by atoms with Crippen molar-refractivity contribution in [2.45, 2.75) is 96.4 Å². The number of hydrogen-bond acceptors (Lipinski definition) is 2. The highest BCUT2D eigenvalue weighted by Crippen LogP contribution is 2.12. The molecule has 0 rings (SSSR count). The molecule has 1 unspecified atom stereocenters. The van der Waals surface area contributed by atoms with Crippen molar-refractivity contribution in [2.24, 2.45) is 11.5 Å². The number of carbonyl (C=O) groups excluding carboxylic acids is 1. The quantitative estimate of drug-likeness (QED) is 0.470. The number of primary amides is 1. The smallest absolute Gasteiger partial charge is 0.217 e. The van der Waals surface area contributed by atoms with E-state index in [1.807, 2.05) is 0 Å². The number of carbonyl (C=O) groups is 1. The van der Waals surface area contributed by atoms with Crippen LogP contribution in [0.4, 0.5) is 0 Å². The molecule has 0 saturated heterocycles. The van der Waals surface area contributed by atoms with Crippen LogP contribution in [-0.4, -0.2) is 11.9 Å². The van der Waals surface area contributed by atoms with Crippen molar-refractivity contribution in [1.82, 2.24) is 0 Å². The Bertz CT molecular complexity index is 207. The average molecular weight is 270 g/mol. The van der Waals surface area contributed by atoms with Crippen molar-refractivity contribution in [3.05, 3.63) is 0 Å². The van der Waals surface area contributed by atoms with E-state index >= 15 is 0 Å². The van der Waals surface area contributed by atoms with Crippen LogP contribution in [0.15, 0.2) is 0 Å². The van der Waals surface area contributed by atoms with E-state index in [0.717, 1.165) is 25.7 Å². The minimum absolute atomic E-state index is 0.198. The van der Waals surface area contributed by atoms with E-state index in [1.54, 1.807) is 0 Å². The molecular weight excluding hydrogens is 236 g/mol. The van der Waals surface area contributed by atoms with Gasteiger partial charge in [0.05, 0.1) is 0 Å². The highest BCUT2D eigenvalue weighted by Gasteiger charge is 2.03. The molecule has 0 aliphatic heterocycles. The Kier molecular flexibility index (Phi) is 13.4. The zero-order chi connectivity index (χ0) is 14.3. The van der Waals surface area contributed by atoms with Gasteiger partial charge < -0.3 is 11.5 Å². The fraction of sp³-hybridized carbons (Fsp3) is 0.938. The van der Waals surface area contributed by atoms with Gasteiger partial charge in [-0.05, 0) is 19.3 Å². The Morgan fingerprint density at radius 2 is 1.32 bits per heavy atom. The highest BCUT2D eigenvalue weighted by atomic mass is 16.1. The fourth-order valence-corrected chi connectivity index (χ4v) is 2.39. The van der Waals surface area contributed by atoms with Crippen molar-refractivity contribution < 1.29 is 4.79 Å². The first-order chi connectivity index (χ1) is 9.16. The summed E-state index contributed by atoms with van der Waals surface area (Å²) in [5.74, 6) is -0.198. The first-order valence-electron chi connectivity index (χ1n) is 8.20. The standard InChI is InChI=1S/C16H34N2O/c1-2-3-4-5-6-7-8-9-12-15(17)13-10-11-14-16(18)19/h15H,2-14,17H2,1H3,(H2,18,19). The number of amides is 1. The van der Waals surface area contributed by atoms with Gasteiger partial charge in [-0.15, -0.1) is 0 Å². The summed E-state index contributed by atoms with van der Waals surface area (Å²) in [6, 6.07) is 0.313. The second kappa shape index (κ2) is 13.9. The van der Waals surface area contributed by atoms with Crippen LogP contribution < -0.4 is 11.5 Å². The van der Waals surface area contributed by atoms with Gasteiger partial charge in [0, 0.05) is 12.5 Å². The third-order valence-corrected chi connectivity index (χ3v) is 3.68. The maximum Gasteiger partial charge on any atom is 0.217 e. The first kappa shape index (κ1) is 18.4. The Hall–Kier alpha value is -0.570. The van der Waals surface area contributed by atoms with Gasteiger partial charge in [-0.1, -0.05) is 64.7 Å². The van der Waals surface area contributed by atoms with Crippen LogP contribution in [0, 0.1) is 0 Å². The molecule has 0 aliphatic rings. The summed E-state index contributed by atoms with van der Waals surface area (Å²) in [5, 5.41) is 0. The van der Waals surface area contributed by atoms with E-state index in [1.165, 1.54) is 51.4 Å². The van der Waals surface area contributed by atoms with Crippen molar-refractivity contribution in [1.29, 1.82) is 0 Å². The van der Waals surface area contributed by atoms with Gasteiger partial charge >= 0.3 is 0 Å². The molecule has 3 heteroatoms. The maximum atomic E-state index is 10.6. The van der Waals surface area contributed by atoms with E-state index in [2.05, 4.69) is 6.92 Å². The van der Waals surface area contributed by atoms with E-state index in [9.17, 15) is 4.79 Å². The van der Waals surface area contributed by atoms with E-state index < -0.39 is 0 Å². The van der Waals surface area contributed by atoms with Gasteiger partial charge in [0.25, 0.3) is 0 Å². The van der Waals surface area contributed by atoms with Gasteiger partial charge in [-0.25, -0.2) is 0 Å². The Balaban J connectivity index is 3.15. The second-order valence-electron chi connectivity index (χ2n) is 5.74. The van der Waals surface area contributed by atoms with E-state index in [-0.39, 0.29) is 5.91 Å². The lowest BCUT2D eigenvalue weighted by molar-refractivity contribution is -0.118. The minimum atomic E-state index is -0.198. The van der Waals surface area contributed by atoms with Crippen LogP contribution in [0.2, 0.25) is 0 Å². The highest BCUT2D eigenvalue weighted by molar-refractivity contribution is 5.73. The molecule has 0 aromatic heterocycles. The molecule has 1 atom stereocenters. The normalized spacial score (nSPS) is 12.5. The Morgan fingerprint density at radius 3 is 1.84 bits per heavy atom. The summed E-state index contributed by atoms with van der Waals surface area (Å²) in [4.78, 5) is 10.6. The summed E-state index contributed by atoms with van der Waals surface area (Å²) < 4.78 is 0. The van der Waals surface area contributed by atoms with Crippen molar-refractivity contribution in [3.63, 3.8) is 0 Å². The Morgan fingerprint density at radius 1 is 0.842 bits per heavy atom. The molecule has 1 amide bonds. The minimum Gasteiger partial charge on any atom is -0.370 e. The van der Waals surface area contributed by atoms with Crippen molar-refractivity contribution in [2.75, 3.05) is 0 Å². The molecule has 19 heavy (non-hydrogen) atoms. The molecule has 4 N–H and O–H groups in total. The number of nitrogens with two attached hydrogens (primary N) is 2. The molecule has 0 bridgehead atoms. The zero-order valence-electron chi connectivity index (χ0n) is 12.8. The van der Waals surface area contributed by atoms with Crippen LogP contribution in [0.5, 0.6) is 0 Å². The molecule has 114 valence electrons. The van der Waals surface area contributed by atoms with Crippen molar-refractivity contribution >= 4 is 5.91 Å². The Labute approximate surface area is 119 Å². The summed E-state index contributed by atoms with van der Waals surface area (Å²) in [5.41, 5.74) is 11.2. The van der Waals surface area contributed by atoms with Crippen molar-refractivity contribution in [3.8, 4) is 0 Å². The van der Waals surface area contributed by atoms with Gasteiger partial charge in [0.15, 0.2) is 0 Å². The molecule has 0 saturated carbocycles. The summed E-state index contributed by atoms with van der Waals surface area (Å²) in [6.45, 7) is 2.25. The molecule has 0 radical (unpaired) electrons. The molecule has 0 spiro atoms. The summed E-state index contributed by atoms with van der Waals surface area (Å²) in [7, 11) is 0. The average Bonchev–Trinajstić information content (AvgIpc) is 2.37. The molecule has 0 aromatic rings. The predicted octanol–water partition coefficient (Wildman–Crippen LogP) is 3.89. The lowest BCUT2D eigenvalue weighted by atomic mass is 10.0. The summed E-state index contributed by atoms with van der Waals surface area (Å²) >= 11 is 0. The number of unbranched alkanes of at least 4 members (excludes halogenated alkanes) is 8. The first-order valence-corrected chi connectivity index (χ1v) is 8.20. The van der Waals surface area contributed by atoms with Crippen LogP contribution in [0.3, 0.4) is 0 Å². The molecule has 0 aromatic carbocycles. The van der Waals surface area contributed by atoms with Crippen LogP contribution in [-0.2, 0) is 4.79 Å².